The Balaban J connectivity index is 2.07. The third-order valence-electron chi connectivity index (χ3n) is 3.88. The molecule has 2 aromatic rings. The minimum absolute atomic E-state index is 0.314. The number of nitrogens with zero attached hydrogens (tertiary/aromatic N) is 2. The molecule has 1 aromatic heterocycles. The van der Waals surface area contributed by atoms with E-state index in [9.17, 15) is 4.79 Å². The van der Waals surface area contributed by atoms with Crippen molar-refractivity contribution < 1.29 is 9.53 Å². The largest absolute Gasteiger partial charge is 0.465 e. The van der Waals surface area contributed by atoms with Crippen molar-refractivity contribution >= 4 is 5.97 Å². The van der Waals surface area contributed by atoms with Crippen LogP contribution in [-0.2, 0) is 17.8 Å². The first kappa shape index (κ1) is 18.1. The van der Waals surface area contributed by atoms with E-state index in [0.29, 0.717) is 18.0 Å². The van der Waals surface area contributed by atoms with E-state index in [1.165, 1.54) is 12.7 Å². The van der Waals surface area contributed by atoms with Gasteiger partial charge in [-0.1, -0.05) is 25.1 Å². The number of benzene rings is 1. The zero-order valence-electron chi connectivity index (χ0n) is 14.3. The lowest BCUT2D eigenvalue weighted by Crippen LogP contribution is -2.31. The lowest BCUT2D eigenvalue weighted by Gasteiger charge is -2.25. The van der Waals surface area contributed by atoms with Crippen LogP contribution in [0.2, 0.25) is 0 Å². The fourth-order valence-electron chi connectivity index (χ4n) is 2.57. The predicted octanol–water partition coefficient (Wildman–Crippen LogP) is 2.47. The van der Waals surface area contributed by atoms with Crippen molar-refractivity contribution in [2.24, 2.45) is 11.7 Å². The Morgan fingerprint density at radius 1 is 1.21 bits per heavy atom. The third kappa shape index (κ3) is 5.44. The number of carbonyl (C=O) groups excluding carboxylic acids is 1. The molecule has 0 fully saturated rings. The van der Waals surface area contributed by atoms with Crippen molar-refractivity contribution in [1.82, 2.24) is 9.88 Å². The molecule has 0 radical (unpaired) electrons. The molecule has 0 saturated heterocycles. The third-order valence-corrected chi connectivity index (χ3v) is 3.88. The molecule has 2 rings (SSSR count). The van der Waals surface area contributed by atoms with Gasteiger partial charge in [0.25, 0.3) is 0 Å². The molecule has 5 heteroatoms. The fourth-order valence-corrected chi connectivity index (χ4v) is 2.57. The van der Waals surface area contributed by atoms with Gasteiger partial charge >= 0.3 is 5.97 Å². The summed E-state index contributed by atoms with van der Waals surface area (Å²) in [6.07, 6.45) is 3.67. The summed E-state index contributed by atoms with van der Waals surface area (Å²) in [5.41, 5.74) is 8.67. The lowest BCUT2D eigenvalue weighted by molar-refractivity contribution is 0.0600. The Hall–Kier alpha value is -2.24. The maximum atomic E-state index is 11.5. The Morgan fingerprint density at radius 2 is 1.92 bits per heavy atom. The number of methoxy groups -OCH3 is 1. The van der Waals surface area contributed by atoms with E-state index in [2.05, 4.69) is 22.9 Å². The quantitative estimate of drug-likeness (QED) is 0.754. The molecule has 0 aliphatic rings. The van der Waals surface area contributed by atoms with E-state index in [4.69, 9.17) is 10.5 Å². The van der Waals surface area contributed by atoms with E-state index in [1.807, 2.05) is 24.4 Å². The van der Waals surface area contributed by atoms with Gasteiger partial charge in [0, 0.05) is 32.0 Å². The minimum Gasteiger partial charge on any atom is -0.465 e. The van der Waals surface area contributed by atoms with Gasteiger partial charge in [-0.3, -0.25) is 9.88 Å². The van der Waals surface area contributed by atoms with Crippen LogP contribution in [0.25, 0.3) is 0 Å². The molecule has 0 saturated carbocycles. The Morgan fingerprint density at radius 3 is 2.50 bits per heavy atom. The van der Waals surface area contributed by atoms with Crippen LogP contribution in [0.3, 0.4) is 0 Å². The zero-order chi connectivity index (χ0) is 17.4. The van der Waals surface area contributed by atoms with Gasteiger partial charge in [-0.05, 0) is 41.8 Å². The number of hydrogen-bond donors (Lipinski definition) is 1. The summed E-state index contributed by atoms with van der Waals surface area (Å²) in [4.78, 5) is 18.0. The molecular formula is C19H25N3O2. The Kier molecular flexibility index (Phi) is 6.90. The van der Waals surface area contributed by atoms with E-state index in [-0.39, 0.29) is 5.97 Å². The summed E-state index contributed by atoms with van der Waals surface area (Å²) in [6.45, 7) is 5.32. The van der Waals surface area contributed by atoms with Crippen LogP contribution in [0, 0.1) is 5.92 Å². The van der Waals surface area contributed by atoms with E-state index >= 15 is 0 Å². The van der Waals surface area contributed by atoms with Gasteiger partial charge in [-0.15, -0.1) is 0 Å². The number of aromatic nitrogens is 1. The maximum Gasteiger partial charge on any atom is 0.337 e. The van der Waals surface area contributed by atoms with Gasteiger partial charge in [-0.2, -0.15) is 0 Å². The summed E-state index contributed by atoms with van der Waals surface area (Å²) in [6, 6.07) is 11.6. The highest BCUT2D eigenvalue weighted by Gasteiger charge is 2.12. The van der Waals surface area contributed by atoms with Crippen molar-refractivity contribution in [1.29, 1.82) is 0 Å². The molecular weight excluding hydrogens is 302 g/mol. The summed E-state index contributed by atoms with van der Waals surface area (Å²) in [5, 5.41) is 0. The molecule has 0 spiro atoms. The van der Waals surface area contributed by atoms with Crippen LogP contribution in [0.4, 0.5) is 0 Å². The zero-order valence-corrected chi connectivity index (χ0v) is 14.3. The molecule has 2 N–H and O–H groups in total. The molecule has 1 heterocycles. The highest BCUT2D eigenvalue weighted by molar-refractivity contribution is 5.89. The molecule has 5 nitrogen and oxygen atoms in total. The predicted molar refractivity (Wildman–Crippen MR) is 94.4 cm³/mol. The molecule has 1 unspecified atom stereocenters. The van der Waals surface area contributed by atoms with Crippen LogP contribution < -0.4 is 5.73 Å². The van der Waals surface area contributed by atoms with Gasteiger partial charge in [0.2, 0.25) is 0 Å². The summed E-state index contributed by atoms with van der Waals surface area (Å²) >= 11 is 0. The average Bonchev–Trinajstić information content (AvgIpc) is 2.62. The van der Waals surface area contributed by atoms with Gasteiger partial charge < -0.3 is 10.5 Å². The van der Waals surface area contributed by atoms with Crippen molar-refractivity contribution in [2.75, 3.05) is 20.2 Å². The number of carbonyl (C=O) groups is 1. The molecule has 24 heavy (non-hydrogen) atoms. The molecule has 0 aliphatic carbocycles. The smallest absolute Gasteiger partial charge is 0.337 e. The second kappa shape index (κ2) is 9.15. The van der Waals surface area contributed by atoms with Crippen LogP contribution in [-0.4, -0.2) is 36.1 Å². The summed E-state index contributed by atoms with van der Waals surface area (Å²) in [5.74, 6) is 0.0986. The number of rotatable bonds is 8. The Bertz CT molecular complexity index is 629. The van der Waals surface area contributed by atoms with Crippen LogP contribution in [0.15, 0.2) is 48.8 Å². The number of hydrogen-bond acceptors (Lipinski definition) is 5. The number of nitrogens with two attached hydrogens (primary N) is 1. The number of esters is 1. The van der Waals surface area contributed by atoms with Crippen molar-refractivity contribution in [3.63, 3.8) is 0 Å². The highest BCUT2D eigenvalue weighted by atomic mass is 16.5. The highest BCUT2D eigenvalue weighted by Crippen LogP contribution is 2.13. The second-order valence-electron chi connectivity index (χ2n) is 6.06. The maximum absolute atomic E-state index is 11.5. The topological polar surface area (TPSA) is 68.5 Å². The monoisotopic (exact) mass is 327 g/mol. The van der Waals surface area contributed by atoms with Crippen LogP contribution in [0.1, 0.15) is 28.4 Å². The minimum atomic E-state index is -0.314. The number of ether oxygens (including phenoxy) is 1. The van der Waals surface area contributed by atoms with E-state index in [0.717, 1.165) is 25.2 Å². The van der Waals surface area contributed by atoms with Crippen molar-refractivity contribution in [3.05, 3.63) is 65.5 Å². The molecule has 1 aromatic carbocycles. The number of pyridine rings is 1. The van der Waals surface area contributed by atoms with Gasteiger partial charge in [0.1, 0.15) is 0 Å². The summed E-state index contributed by atoms with van der Waals surface area (Å²) in [7, 11) is 1.39. The van der Waals surface area contributed by atoms with Gasteiger partial charge in [0.05, 0.1) is 12.7 Å². The Labute approximate surface area is 143 Å². The normalized spacial score (nSPS) is 12.2. The first-order chi connectivity index (χ1) is 11.6. The second-order valence-corrected chi connectivity index (χ2v) is 6.06. The van der Waals surface area contributed by atoms with E-state index < -0.39 is 0 Å². The van der Waals surface area contributed by atoms with Crippen LogP contribution >= 0.6 is 0 Å². The van der Waals surface area contributed by atoms with Crippen LogP contribution in [0.5, 0.6) is 0 Å². The molecule has 0 bridgehead atoms. The SMILES string of the molecule is COC(=O)c1ccc(CN(Cc2cccnc2)CC(C)CN)cc1. The summed E-state index contributed by atoms with van der Waals surface area (Å²) < 4.78 is 4.73. The lowest BCUT2D eigenvalue weighted by atomic mass is 10.1. The molecule has 0 aliphatic heterocycles. The van der Waals surface area contributed by atoms with Gasteiger partial charge in [0.15, 0.2) is 0 Å². The molecule has 128 valence electrons. The first-order valence-electron chi connectivity index (χ1n) is 8.11. The first-order valence-corrected chi connectivity index (χ1v) is 8.11. The van der Waals surface area contributed by atoms with E-state index in [1.54, 1.807) is 18.3 Å². The average molecular weight is 327 g/mol. The standard InChI is InChI=1S/C19H25N3O2/c1-15(10-20)12-22(14-17-4-3-9-21-11-17)13-16-5-7-18(8-6-16)19(23)24-2/h3-9,11,15H,10,12-14,20H2,1-2H3. The fraction of sp³-hybridized carbons (Fsp3) is 0.368. The molecule has 0 amide bonds. The van der Waals surface area contributed by atoms with Crippen molar-refractivity contribution in [2.45, 2.75) is 20.0 Å². The molecule has 1 atom stereocenters. The van der Waals surface area contributed by atoms with Gasteiger partial charge in [-0.25, -0.2) is 4.79 Å². The van der Waals surface area contributed by atoms with Crippen molar-refractivity contribution in [3.8, 4) is 0 Å².